The van der Waals surface area contributed by atoms with Gasteiger partial charge in [0.25, 0.3) is 0 Å². The Morgan fingerprint density at radius 2 is 1.78 bits per heavy atom. The summed E-state index contributed by atoms with van der Waals surface area (Å²) < 4.78 is 6.46. The summed E-state index contributed by atoms with van der Waals surface area (Å²) in [6.07, 6.45) is 0.868. The van der Waals surface area contributed by atoms with Crippen molar-refractivity contribution in [2.75, 3.05) is 11.5 Å². The Balaban J connectivity index is 1.69. The number of carbonyl (C=O) groups excluding carboxylic acids is 2. The monoisotopic (exact) mass is 517 g/mol. The number of amides is 1. The molecule has 0 radical (unpaired) electrons. The van der Waals surface area contributed by atoms with Crippen LogP contribution in [0.2, 0.25) is 5.02 Å². The largest absolute Gasteiger partial charge is 0.872 e. The highest BCUT2D eigenvalue weighted by Gasteiger charge is 2.46. The number of ketones is 1. The van der Waals surface area contributed by atoms with Gasteiger partial charge in [-0.3, -0.25) is 14.5 Å². The number of hydrogen-bond acceptors (Lipinski definition) is 6. The van der Waals surface area contributed by atoms with E-state index in [0.717, 1.165) is 22.2 Å². The number of aryl methyl sites for hydroxylation is 1. The van der Waals surface area contributed by atoms with Gasteiger partial charge in [-0.1, -0.05) is 66.0 Å². The van der Waals surface area contributed by atoms with Crippen LogP contribution in [0.25, 0.3) is 16.0 Å². The molecule has 0 N–H and O–H groups in total. The highest BCUT2D eigenvalue weighted by atomic mass is 35.5. The highest BCUT2D eigenvalue weighted by molar-refractivity contribution is 7.22. The molecule has 4 aromatic rings. The van der Waals surface area contributed by atoms with E-state index >= 15 is 0 Å². The molecule has 0 bridgehead atoms. The fraction of sp³-hybridized carbons (Fsp3) is 0.179. The Morgan fingerprint density at radius 3 is 2.44 bits per heavy atom. The Morgan fingerprint density at radius 1 is 1.06 bits per heavy atom. The van der Waals surface area contributed by atoms with E-state index in [1.807, 2.05) is 25.1 Å². The van der Waals surface area contributed by atoms with Gasteiger partial charge < -0.3 is 9.84 Å². The van der Waals surface area contributed by atoms with E-state index in [1.165, 1.54) is 16.2 Å². The van der Waals surface area contributed by atoms with Gasteiger partial charge in [-0.2, -0.15) is 0 Å². The van der Waals surface area contributed by atoms with Crippen molar-refractivity contribution in [3.63, 3.8) is 0 Å². The van der Waals surface area contributed by atoms with Crippen molar-refractivity contribution in [3.05, 3.63) is 94.0 Å². The van der Waals surface area contributed by atoms with Crippen molar-refractivity contribution in [1.82, 2.24) is 4.98 Å². The third-order valence-electron chi connectivity index (χ3n) is 6.10. The summed E-state index contributed by atoms with van der Waals surface area (Å²) in [6.45, 7) is 4.46. The molecular weight excluding hydrogens is 496 g/mol. The molecule has 1 atom stereocenters. The van der Waals surface area contributed by atoms with Crippen LogP contribution in [0.3, 0.4) is 0 Å². The summed E-state index contributed by atoms with van der Waals surface area (Å²) in [4.78, 5) is 32.7. The number of benzene rings is 3. The number of carbonyl (C=O) groups is 2. The molecule has 1 aliphatic rings. The van der Waals surface area contributed by atoms with Crippen molar-refractivity contribution in [2.24, 2.45) is 0 Å². The first-order valence-electron chi connectivity index (χ1n) is 11.6. The van der Waals surface area contributed by atoms with Gasteiger partial charge in [0.05, 0.1) is 22.9 Å². The van der Waals surface area contributed by atoms with Gasteiger partial charge >= 0.3 is 5.91 Å². The van der Waals surface area contributed by atoms with Gasteiger partial charge in [-0.25, -0.2) is 4.98 Å². The Kier molecular flexibility index (Phi) is 6.51. The fourth-order valence-corrected chi connectivity index (χ4v) is 5.47. The lowest BCUT2D eigenvalue weighted by molar-refractivity contribution is -0.245. The van der Waals surface area contributed by atoms with Crippen LogP contribution in [-0.2, 0) is 16.0 Å². The van der Waals surface area contributed by atoms with Crippen LogP contribution >= 0.6 is 22.9 Å². The molecule has 1 fully saturated rings. The zero-order valence-electron chi connectivity index (χ0n) is 19.7. The van der Waals surface area contributed by atoms with E-state index in [9.17, 15) is 14.7 Å². The molecule has 1 amide bonds. The molecule has 6 nitrogen and oxygen atoms in total. The summed E-state index contributed by atoms with van der Waals surface area (Å²) in [7, 11) is 0. The Hall–Kier alpha value is -3.68. The van der Waals surface area contributed by atoms with E-state index in [-0.39, 0.29) is 11.1 Å². The van der Waals surface area contributed by atoms with Crippen molar-refractivity contribution < 1.29 is 19.4 Å². The molecule has 0 saturated carbocycles. The number of ether oxygens (including phenoxy) is 1. The molecule has 1 aliphatic heterocycles. The molecule has 2 heterocycles. The normalized spacial score (nSPS) is 17.2. The first kappa shape index (κ1) is 24.0. The van der Waals surface area contributed by atoms with Gasteiger partial charge in [-0.15, -0.1) is 0 Å². The molecule has 36 heavy (non-hydrogen) atoms. The van der Waals surface area contributed by atoms with E-state index in [1.54, 1.807) is 48.5 Å². The molecule has 8 heteroatoms. The van der Waals surface area contributed by atoms with E-state index in [4.69, 9.17) is 16.3 Å². The molecular formula is C28H22ClN2O4S-. The maximum Gasteiger partial charge on any atom is 0.301 e. The number of nitrogens with zero attached hydrogens (tertiary/aromatic N) is 2. The van der Waals surface area contributed by atoms with Crippen LogP contribution in [0, 0.1) is 0 Å². The summed E-state index contributed by atoms with van der Waals surface area (Å²) in [5.41, 5.74) is 2.67. The number of hydrogen-bond donors (Lipinski definition) is 0. The SMILES string of the molecule is CCOc1ccc(C2C(=C([O-])c3ccc(Cl)cc3)C(=O)C(=O)N2c2nc3ccc(CC)cc3s2)cc1. The number of Topliss-reactive ketones (excluding diaryl/α,β-unsaturated/α-hetero) is 1. The fourth-order valence-electron chi connectivity index (χ4n) is 4.29. The first-order valence-corrected chi connectivity index (χ1v) is 12.8. The zero-order chi connectivity index (χ0) is 25.4. The molecule has 182 valence electrons. The highest BCUT2D eigenvalue weighted by Crippen LogP contribution is 2.44. The van der Waals surface area contributed by atoms with Crippen LogP contribution in [0.1, 0.15) is 36.6 Å². The second-order valence-electron chi connectivity index (χ2n) is 8.31. The number of thiazole rings is 1. The second-order valence-corrected chi connectivity index (χ2v) is 9.76. The Bertz CT molecular complexity index is 1490. The molecule has 3 aromatic carbocycles. The summed E-state index contributed by atoms with van der Waals surface area (Å²) in [5.74, 6) is -1.47. The molecule has 5 rings (SSSR count). The lowest BCUT2D eigenvalue weighted by atomic mass is 9.95. The van der Waals surface area contributed by atoms with Crippen molar-refractivity contribution in [1.29, 1.82) is 0 Å². The van der Waals surface area contributed by atoms with Crippen LogP contribution in [0.5, 0.6) is 5.75 Å². The average Bonchev–Trinajstić information content (AvgIpc) is 3.42. The Labute approximate surface area is 217 Å². The zero-order valence-corrected chi connectivity index (χ0v) is 21.2. The van der Waals surface area contributed by atoms with Crippen molar-refractivity contribution >= 4 is 55.7 Å². The predicted molar refractivity (Wildman–Crippen MR) is 140 cm³/mol. The number of fused-ring (bicyclic) bond motifs is 1. The lowest BCUT2D eigenvalue weighted by Crippen LogP contribution is -2.29. The van der Waals surface area contributed by atoms with Gasteiger partial charge in [0.2, 0.25) is 5.78 Å². The summed E-state index contributed by atoms with van der Waals surface area (Å²) >= 11 is 7.32. The number of anilines is 1. The number of halogens is 1. The van der Waals surface area contributed by atoms with Crippen molar-refractivity contribution in [3.8, 4) is 5.75 Å². The van der Waals surface area contributed by atoms with Crippen LogP contribution in [0.15, 0.2) is 72.3 Å². The minimum atomic E-state index is -0.921. The van der Waals surface area contributed by atoms with E-state index in [0.29, 0.717) is 28.1 Å². The second kappa shape index (κ2) is 9.76. The third kappa shape index (κ3) is 4.25. The summed E-state index contributed by atoms with van der Waals surface area (Å²) in [6, 6.07) is 18.4. The standard InChI is InChI=1S/C28H23ClN2O4S/c1-3-16-5-14-21-22(15-16)36-28(30-21)31-24(17-8-12-20(13-9-17)35-4-2)23(26(33)27(31)34)25(32)18-6-10-19(29)11-7-18/h5-15,24,32H,3-4H2,1-2H3/p-1. The molecule has 0 spiro atoms. The molecule has 0 aliphatic carbocycles. The van der Waals surface area contributed by atoms with Crippen molar-refractivity contribution in [2.45, 2.75) is 26.3 Å². The quantitative estimate of drug-likeness (QED) is 0.196. The van der Waals surface area contributed by atoms with Gasteiger partial charge in [0.1, 0.15) is 5.75 Å². The minimum Gasteiger partial charge on any atom is -0.872 e. The summed E-state index contributed by atoms with van der Waals surface area (Å²) in [5, 5.41) is 14.4. The molecule has 1 unspecified atom stereocenters. The van der Waals surface area contributed by atoms with Crippen LogP contribution < -0.4 is 14.7 Å². The molecule has 1 aromatic heterocycles. The van der Waals surface area contributed by atoms with Gasteiger partial charge in [0, 0.05) is 10.6 Å². The lowest BCUT2D eigenvalue weighted by Gasteiger charge is -2.26. The maximum atomic E-state index is 13.6. The van der Waals surface area contributed by atoms with Gasteiger partial charge in [-0.05, 0) is 66.4 Å². The minimum absolute atomic E-state index is 0.111. The third-order valence-corrected chi connectivity index (χ3v) is 7.37. The average molecular weight is 518 g/mol. The maximum absolute atomic E-state index is 13.6. The first-order chi connectivity index (χ1) is 17.4. The molecule has 1 saturated heterocycles. The predicted octanol–water partition coefficient (Wildman–Crippen LogP) is 5.34. The van der Waals surface area contributed by atoms with Gasteiger partial charge in [0.15, 0.2) is 5.13 Å². The smallest absolute Gasteiger partial charge is 0.301 e. The van der Waals surface area contributed by atoms with E-state index < -0.39 is 23.5 Å². The van der Waals surface area contributed by atoms with E-state index in [2.05, 4.69) is 11.9 Å². The van der Waals surface area contributed by atoms with Crippen LogP contribution in [0.4, 0.5) is 5.13 Å². The van der Waals surface area contributed by atoms with Crippen LogP contribution in [-0.4, -0.2) is 23.3 Å². The number of rotatable bonds is 6. The topological polar surface area (TPSA) is 82.6 Å². The number of aromatic nitrogens is 1.